The topological polar surface area (TPSA) is 40.5 Å². The molecule has 1 heterocycles. The lowest BCUT2D eigenvalue weighted by molar-refractivity contribution is 0.0473. The number of benzene rings is 1. The van der Waals surface area contributed by atoms with Crippen LogP contribution in [0.4, 0.5) is 0 Å². The summed E-state index contributed by atoms with van der Waals surface area (Å²) >= 11 is 2.21. The third-order valence-electron chi connectivity index (χ3n) is 3.11. The van der Waals surface area contributed by atoms with Gasteiger partial charge in [-0.25, -0.2) is 0 Å². The van der Waals surface area contributed by atoms with E-state index in [2.05, 4.69) is 22.6 Å². The van der Waals surface area contributed by atoms with Gasteiger partial charge >= 0.3 is 0 Å². The standard InChI is InChI=1S/C13H16INO2/c1-9-4-2-6-11(12(9)14)13(17)15-7-3-5-10(16)8-15/h2,4,6,10,16H,3,5,7-8H2,1H3. The van der Waals surface area contributed by atoms with Gasteiger partial charge in [-0.1, -0.05) is 12.1 Å². The highest BCUT2D eigenvalue weighted by molar-refractivity contribution is 14.1. The summed E-state index contributed by atoms with van der Waals surface area (Å²) in [6, 6.07) is 5.77. The molecule has 2 rings (SSSR count). The van der Waals surface area contributed by atoms with Gasteiger partial charge in [0.1, 0.15) is 0 Å². The number of carbonyl (C=O) groups excluding carboxylic acids is 1. The molecular weight excluding hydrogens is 329 g/mol. The van der Waals surface area contributed by atoms with E-state index >= 15 is 0 Å². The van der Waals surface area contributed by atoms with Gasteiger partial charge in [0.25, 0.3) is 5.91 Å². The largest absolute Gasteiger partial charge is 0.391 e. The number of hydrogen-bond acceptors (Lipinski definition) is 2. The molecule has 1 aliphatic heterocycles. The second-order valence-corrected chi connectivity index (χ2v) is 5.56. The van der Waals surface area contributed by atoms with Crippen LogP contribution >= 0.6 is 22.6 Å². The van der Waals surface area contributed by atoms with E-state index in [4.69, 9.17) is 0 Å². The predicted molar refractivity (Wildman–Crippen MR) is 75.0 cm³/mol. The zero-order chi connectivity index (χ0) is 12.4. The third kappa shape index (κ3) is 2.80. The van der Waals surface area contributed by atoms with Gasteiger partial charge in [-0.3, -0.25) is 4.79 Å². The van der Waals surface area contributed by atoms with Gasteiger partial charge in [-0.05, 0) is 54.0 Å². The summed E-state index contributed by atoms with van der Waals surface area (Å²) in [7, 11) is 0. The predicted octanol–water partition coefficient (Wildman–Crippen LogP) is 2.20. The Hall–Kier alpha value is -0.620. The Kier molecular flexibility index (Phi) is 4.04. The number of aryl methyl sites for hydroxylation is 1. The molecule has 1 saturated heterocycles. The summed E-state index contributed by atoms with van der Waals surface area (Å²) in [5.41, 5.74) is 1.87. The Balaban J connectivity index is 2.22. The average molecular weight is 345 g/mol. The smallest absolute Gasteiger partial charge is 0.255 e. The number of likely N-dealkylation sites (tertiary alicyclic amines) is 1. The molecular formula is C13H16INO2. The number of rotatable bonds is 1. The Morgan fingerprint density at radius 3 is 3.00 bits per heavy atom. The highest BCUT2D eigenvalue weighted by Gasteiger charge is 2.24. The van der Waals surface area contributed by atoms with Gasteiger partial charge in [0, 0.05) is 16.7 Å². The van der Waals surface area contributed by atoms with E-state index in [1.165, 1.54) is 0 Å². The Bertz CT molecular complexity index is 433. The minimum absolute atomic E-state index is 0.0388. The van der Waals surface area contributed by atoms with Crippen molar-refractivity contribution in [2.45, 2.75) is 25.9 Å². The zero-order valence-electron chi connectivity index (χ0n) is 9.82. The number of halogens is 1. The van der Waals surface area contributed by atoms with Crippen molar-refractivity contribution in [2.24, 2.45) is 0 Å². The van der Waals surface area contributed by atoms with Crippen LogP contribution in [-0.4, -0.2) is 35.1 Å². The number of nitrogens with zero attached hydrogens (tertiary/aromatic N) is 1. The minimum atomic E-state index is -0.366. The molecule has 1 N–H and O–H groups in total. The first kappa shape index (κ1) is 12.8. The van der Waals surface area contributed by atoms with Gasteiger partial charge in [0.15, 0.2) is 0 Å². The molecule has 1 unspecified atom stereocenters. The quantitative estimate of drug-likeness (QED) is 0.793. The average Bonchev–Trinajstić information content (AvgIpc) is 2.32. The fraction of sp³-hybridized carbons (Fsp3) is 0.462. The molecule has 17 heavy (non-hydrogen) atoms. The maximum atomic E-state index is 12.3. The number of hydrogen-bond donors (Lipinski definition) is 1. The van der Waals surface area contributed by atoms with E-state index in [-0.39, 0.29) is 12.0 Å². The van der Waals surface area contributed by atoms with Crippen molar-refractivity contribution in [3.8, 4) is 0 Å². The molecule has 0 bridgehead atoms. The van der Waals surface area contributed by atoms with Crippen LogP contribution < -0.4 is 0 Å². The number of aliphatic hydroxyl groups is 1. The molecule has 1 aromatic rings. The lowest BCUT2D eigenvalue weighted by atomic mass is 10.1. The summed E-state index contributed by atoms with van der Waals surface area (Å²) in [6.45, 7) is 3.21. The first-order chi connectivity index (χ1) is 8.09. The van der Waals surface area contributed by atoms with Crippen LogP contribution in [0.1, 0.15) is 28.8 Å². The molecule has 1 atom stereocenters. The summed E-state index contributed by atoms with van der Waals surface area (Å²) < 4.78 is 1.01. The highest BCUT2D eigenvalue weighted by atomic mass is 127. The van der Waals surface area contributed by atoms with Crippen molar-refractivity contribution in [3.05, 3.63) is 32.9 Å². The Morgan fingerprint density at radius 2 is 2.29 bits per heavy atom. The monoisotopic (exact) mass is 345 g/mol. The zero-order valence-corrected chi connectivity index (χ0v) is 12.0. The molecule has 0 saturated carbocycles. The number of amides is 1. The lowest BCUT2D eigenvalue weighted by Gasteiger charge is -2.30. The second-order valence-electron chi connectivity index (χ2n) is 4.48. The van der Waals surface area contributed by atoms with Gasteiger partial charge in [0.2, 0.25) is 0 Å². The molecule has 1 fully saturated rings. The molecule has 0 radical (unpaired) electrons. The van der Waals surface area contributed by atoms with Crippen LogP contribution in [0.25, 0.3) is 0 Å². The molecule has 1 aromatic carbocycles. The van der Waals surface area contributed by atoms with Crippen molar-refractivity contribution in [3.63, 3.8) is 0 Å². The molecule has 0 aromatic heterocycles. The second kappa shape index (κ2) is 5.35. The van der Waals surface area contributed by atoms with Gasteiger partial charge in [0.05, 0.1) is 11.7 Å². The van der Waals surface area contributed by atoms with Crippen LogP contribution in [0.2, 0.25) is 0 Å². The third-order valence-corrected chi connectivity index (χ3v) is 4.54. The van der Waals surface area contributed by atoms with Crippen molar-refractivity contribution in [1.82, 2.24) is 4.90 Å². The van der Waals surface area contributed by atoms with Crippen molar-refractivity contribution < 1.29 is 9.90 Å². The molecule has 1 amide bonds. The number of carbonyl (C=O) groups is 1. The van der Waals surface area contributed by atoms with Crippen molar-refractivity contribution in [1.29, 1.82) is 0 Å². The summed E-state index contributed by atoms with van der Waals surface area (Å²) in [5, 5.41) is 9.60. The van der Waals surface area contributed by atoms with Crippen LogP contribution in [0, 0.1) is 10.5 Å². The first-order valence-electron chi connectivity index (χ1n) is 5.82. The summed E-state index contributed by atoms with van der Waals surface area (Å²) in [4.78, 5) is 14.1. The van der Waals surface area contributed by atoms with Crippen molar-refractivity contribution >= 4 is 28.5 Å². The molecule has 4 heteroatoms. The Morgan fingerprint density at radius 1 is 1.53 bits per heavy atom. The van der Waals surface area contributed by atoms with Crippen LogP contribution in [-0.2, 0) is 0 Å². The molecule has 1 aliphatic rings. The van der Waals surface area contributed by atoms with E-state index in [1.54, 1.807) is 4.90 Å². The van der Waals surface area contributed by atoms with Crippen LogP contribution in [0.3, 0.4) is 0 Å². The van der Waals surface area contributed by atoms with E-state index in [9.17, 15) is 9.90 Å². The van der Waals surface area contributed by atoms with Crippen LogP contribution in [0.5, 0.6) is 0 Å². The number of aliphatic hydroxyl groups excluding tert-OH is 1. The molecule has 0 aliphatic carbocycles. The van der Waals surface area contributed by atoms with E-state index in [1.807, 2.05) is 25.1 Å². The van der Waals surface area contributed by atoms with Gasteiger partial charge in [-0.15, -0.1) is 0 Å². The highest BCUT2D eigenvalue weighted by Crippen LogP contribution is 2.20. The fourth-order valence-corrected chi connectivity index (χ4v) is 2.71. The van der Waals surface area contributed by atoms with Crippen LogP contribution in [0.15, 0.2) is 18.2 Å². The first-order valence-corrected chi connectivity index (χ1v) is 6.90. The SMILES string of the molecule is Cc1cccc(C(=O)N2CCCC(O)C2)c1I. The van der Waals surface area contributed by atoms with E-state index in [0.717, 1.165) is 34.1 Å². The van der Waals surface area contributed by atoms with E-state index in [0.29, 0.717) is 6.54 Å². The van der Waals surface area contributed by atoms with E-state index < -0.39 is 0 Å². The van der Waals surface area contributed by atoms with Crippen molar-refractivity contribution in [2.75, 3.05) is 13.1 Å². The molecule has 0 spiro atoms. The molecule has 3 nitrogen and oxygen atoms in total. The molecule has 92 valence electrons. The maximum absolute atomic E-state index is 12.3. The van der Waals surface area contributed by atoms with Gasteiger partial charge < -0.3 is 10.0 Å². The number of β-amino-alcohol motifs (C(OH)–C–C–N with tert-alkyl or cyclic N) is 1. The van der Waals surface area contributed by atoms with Gasteiger partial charge in [-0.2, -0.15) is 0 Å². The minimum Gasteiger partial charge on any atom is -0.391 e. The normalized spacial score (nSPS) is 20.4. The summed E-state index contributed by atoms with van der Waals surface area (Å²) in [6.07, 6.45) is 1.32. The number of piperidine rings is 1. The fourth-order valence-electron chi connectivity index (χ4n) is 2.12. The maximum Gasteiger partial charge on any atom is 0.255 e. The Labute approximate surface area is 115 Å². The lowest BCUT2D eigenvalue weighted by Crippen LogP contribution is -2.42. The summed E-state index contributed by atoms with van der Waals surface area (Å²) in [5.74, 6) is 0.0388.